The lowest BCUT2D eigenvalue weighted by atomic mass is 9.81. The average Bonchev–Trinajstić information content (AvgIpc) is 3.68. The molecule has 6 aromatic rings. The van der Waals surface area contributed by atoms with E-state index < -0.39 is 5.41 Å². The van der Waals surface area contributed by atoms with Crippen molar-refractivity contribution < 1.29 is 9.59 Å². The minimum atomic E-state index is -1.17. The molecule has 45 heavy (non-hydrogen) atoms. The number of amides is 2. The molecule has 0 spiro atoms. The van der Waals surface area contributed by atoms with E-state index in [2.05, 4.69) is 16.1 Å². The molecule has 224 valence electrons. The van der Waals surface area contributed by atoms with Gasteiger partial charge in [-0.05, 0) is 63.1 Å². The van der Waals surface area contributed by atoms with Gasteiger partial charge in [-0.15, -0.1) is 10.2 Å². The Morgan fingerprint density at radius 3 is 2.22 bits per heavy atom. The molecule has 0 fully saturated rings. The number of rotatable bonds is 7. The van der Waals surface area contributed by atoms with E-state index in [1.807, 2.05) is 135 Å². The second-order valence-electron chi connectivity index (χ2n) is 12.0. The molecule has 8 nitrogen and oxygen atoms in total. The largest absolute Gasteiger partial charge is 0.361 e. The first-order chi connectivity index (χ1) is 21.9. The second-order valence-corrected chi connectivity index (χ2v) is 12.0. The predicted molar refractivity (Wildman–Crippen MR) is 178 cm³/mol. The summed E-state index contributed by atoms with van der Waals surface area (Å²) in [4.78, 5) is 36.1. The molecule has 0 saturated heterocycles. The molecule has 7 rings (SSSR count). The molecule has 1 unspecified atom stereocenters. The Morgan fingerprint density at radius 1 is 0.844 bits per heavy atom. The van der Waals surface area contributed by atoms with Crippen molar-refractivity contribution in [2.75, 3.05) is 16.3 Å². The maximum atomic E-state index is 15.1. The van der Waals surface area contributed by atoms with Gasteiger partial charge in [0.05, 0.1) is 11.4 Å². The monoisotopic (exact) mass is 594 g/mol. The van der Waals surface area contributed by atoms with Gasteiger partial charge in [0.1, 0.15) is 12.0 Å². The van der Waals surface area contributed by atoms with Gasteiger partial charge in [0.2, 0.25) is 11.8 Å². The van der Waals surface area contributed by atoms with E-state index in [9.17, 15) is 4.79 Å². The third-order valence-electron chi connectivity index (χ3n) is 8.65. The van der Waals surface area contributed by atoms with Gasteiger partial charge in [0.25, 0.3) is 0 Å². The predicted octanol–water partition coefficient (Wildman–Crippen LogP) is 6.70. The number of hydrogen-bond donors (Lipinski definition) is 1. The van der Waals surface area contributed by atoms with Crippen LogP contribution in [-0.2, 0) is 21.4 Å². The zero-order valence-electron chi connectivity index (χ0n) is 25.5. The quantitative estimate of drug-likeness (QED) is 0.223. The SMILES string of the molecule is CC(C)N(C(=O)CN1C(=O)C(C)(Cc2c[nH]c3ccccc23)c2nnc(-c3ccccc3)n2-c2ccccc21)c1ccccc1. The molecule has 0 radical (unpaired) electrons. The van der Waals surface area contributed by atoms with E-state index >= 15 is 4.79 Å². The third-order valence-corrected chi connectivity index (χ3v) is 8.65. The van der Waals surface area contributed by atoms with Gasteiger partial charge in [0, 0.05) is 34.4 Å². The normalized spacial score (nSPS) is 16.0. The number of hydrogen-bond acceptors (Lipinski definition) is 4. The molecule has 0 bridgehead atoms. The Hall–Kier alpha value is -5.50. The number of nitrogens with one attached hydrogen (secondary N) is 1. The van der Waals surface area contributed by atoms with Gasteiger partial charge >= 0.3 is 0 Å². The summed E-state index contributed by atoms with van der Waals surface area (Å²) in [6.45, 7) is 5.76. The highest BCUT2D eigenvalue weighted by atomic mass is 16.2. The number of aromatic nitrogens is 4. The first kappa shape index (κ1) is 28.3. The van der Waals surface area contributed by atoms with E-state index in [1.165, 1.54) is 0 Å². The molecule has 1 atom stereocenters. The number of benzene rings is 4. The van der Waals surface area contributed by atoms with Crippen molar-refractivity contribution in [3.63, 3.8) is 0 Å². The zero-order chi connectivity index (χ0) is 31.1. The van der Waals surface area contributed by atoms with Gasteiger partial charge in [-0.25, -0.2) is 0 Å². The van der Waals surface area contributed by atoms with Crippen molar-refractivity contribution in [1.29, 1.82) is 0 Å². The van der Waals surface area contributed by atoms with Crippen molar-refractivity contribution in [3.05, 3.63) is 127 Å². The minimum absolute atomic E-state index is 0.112. The van der Waals surface area contributed by atoms with Crippen LogP contribution in [0, 0.1) is 0 Å². The van der Waals surface area contributed by atoms with E-state index in [0.717, 1.165) is 33.4 Å². The highest BCUT2D eigenvalue weighted by Gasteiger charge is 2.48. The Morgan fingerprint density at radius 2 is 1.49 bits per heavy atom. The fourth-order valence-corrected chi connectivity index (χ4v) is 6.53. The van der Waals surface area contributed by atoms with Gasteiger partial charge in [0.15, 0.2) is 11.6 Å². The molecule has 4 aromatic carbocycles. The van der Waals surface area contributed by atoms with Crippen molar-refractivity contribution in [2.24, 2.45) is 0 Å². The third kappa shape index (κ3) is 4.79. The van der Waals surface area contributed by atoms with Crippen molar-refractivity contribution in [3.8, 4) is 17.1 Å². The van der Waals surface area contributed by atoms with E-state index in [4.69, 9.17) is 5.10 Å². The molecule has 3 heterocycles. The van der Waals surface area contributed by atoms with Crippen LogP contribution in [0.3, 0.4) is 0 Å². The van der Waals surface area contributed by atoms with Crippen molar-refractivity contribution in [1.82, 2.24) is 19.7 Å². The summed E-state index contributed by atoms with van der Waals surface area (Å²) in [5, 5.41) is 10.4. The summed E-state index contributed by atoms with van der Waals surface area (Å²) in [7, 11) is 0. The Labute approximate surface area is 261 Å². The molecular weight excluding hydrogens is 560 g/mol. The Bertz CT molecular complexity index is 2010. The van der Waals surface area contributed by atoms with E-state index in [-0.39, 0.29) is 24.4 Å². The van der Waals surface area contributed by atoms with Crippen LogP contribution in [0.2, 0.25) is 0 Å². The summed E-state index contributed by atoms with van der Waals surface area (Å²) in [5.74, 6) is 0.783. The smallest absolute Gasteiger partial charge is 0.247 e. The molecular formula is C37H34N6O2. The molecule has 1 aliphatic heterocycles. The Kier molecular flexibility index (Phi) is 7.04. The summed E-state index contributed by atoms with van der Waals surface area (Å²) in [5.41, 5.74) is 3.87. The lowest BCUT2D eigenvalue weighted by Crippen LogP contribution is -2.51. The molecule has 2 aromatic heterocycles. The van der Waals surface area contributed by atoms with Crippen LogP contribution in [0.15, 0.2) is 115 Å². The molecule has 8 heteroatoms. The topological polar surface area (TPSA) is 87.1 Å². The van der Waals surface area contributed by atoms with Crippen LogP contribution >= 0.6 is 0 Å². The second kappa shape index (κ2) is 11.2. The van der Waals surface area contributed by atoms with Crippen LogP contribution in [0.1, 0.15) is 32.2 Å². The number of anilines is 2. The number of aromatic amines is 1. The van der Waals surface area contributed by atoms with Gasteiger partial charge in [-0.2, -0.15) is 0 Å². The fraction of sp³-hybridized carbons (Fsp3) is 0.189. The van der Waals surface area contributed by atoms with Crippen LogP contribution in [-0.4, -0.2) is 44.1 Å². The summed E-state index contributed by atoms with van der Waals surface area (Å²) in [6, 6.07) is 35.1. The first-order valence-corrected chi connectivity index (χ1v) is 15.2. The molecule has 1 N–H and O–H groups in total. The maximum Gasteiger partial charge on any atom is 0.247 e. The fourth-order valence-electron chi connectivity index (χ4n) is 6.53. The zero-order valence-corrected chi connectivity index (χ0v) is 25.5. The van der Waals surface area contributed by atoms with Gasteiger partial charge in [-0.3, -0.25) is 14.2 Å². The highest BCUT2D eigenvalue weighted by molar-refractivity contribution is 6.09. The number of carbonyl (C=O) groups is 2. The first-order valence-electron chi connectivity index (χ1n) is 15.2. The number of carbonyl (C=O) groups excluding carboxylic acids is 2. The standard InChI is InChI=1S/C37H34N6O2/c1-25(2)42(28-16-8-5-9-17-28)33(44)24-41-31-20-12-13-21-32(31)43-34(26-14-6-4-7-15-26)39-40-35(43)37(3,36(41)45)22-27-23-38-30-19-11-10-18-29(27)30/h4-21,23,25,38H,22,24H2,1-3H3. The van der Waals surface area contributed by atoms with Crippen LogP contribution in [0.5, 0.6) is 0 Å². The molecule has 0 aliphatic carbocycles. The summed E-state index contributed by atoms with van der Waals surface area (Å²) < 4.78 is 2.00. The Balaban J connectivity index is 1.41. The molecule has 0 saturated carbocycles. The lowest BCUT2D eigenvalue weighted by Gasteiger charge is -2.34. The van der Waals surface area contributed by atoms with Gasteiger partial charge in [-0.1, -0.05) is 78.9 Å². The molecule has 2 amide bonds. The number of fused-ring (bicyclic) bond motifs is 4. The average molecular weight is 595 g/mol. The van der Waals surface area contributed by atoms with Crippen molar-refractivity contribution in [2.45, 2.75) is 38.6 Å². The van der Waals surface area contributed by atoms with Crippen LogP contribution in [0.4, 0.5) is 11.4 Å². The van der Waals surface area contributed by atoms with Crippen molar-refractivity contribution >= 4 is 34.1 Å². The highest BCUT2D eigenvalue weighted by Crippen LogP contribution is 2.42. The molecule has 1 aliphatic rings. The maximum absolute atomic E-state index is 15.1. The summed E-state index contributed by atoms with van der Waals surface area (Å²) in [6.07, 6.45) is 2.32. The van der Waals surface area contributed by atoms with Crippen LogP contribution < -0.4 is 9.80 Å². The number of H-pyrrole nitrogens is 1. The number of para-hydroxylation sites is 4. The van der Waals surface area contributed by atoms with E-state index in [0.29, 0.717) is 23.8 Å². The van der Waals surface area contributed by atoms with Gasteiger partial charge < -0.3 is 14.8 Å². The minimum Gasteiger partial charge on any atom is -0.361 e. The summed E-state index contributed by atoms with van der Waals surface area (Å²) >= 11 is 0. The number of nitrogens with zero attached hydrogens (tertiary/aromatic N) is 5. The van der Waals surface area contributed by atoms with Crippen LogP contribution in [0.25, 0.3) is 28.0 Å². The van der Waals surface area contributed by atoms with E-state index in [1.54, 1.807) is 9.80 Å². The lowest BCUT2D eigenvalue weighted by molar-refractivity contribution is -0.126.